The van der Waals surface area contributed by atoms with Crippen LogP contribution in [0, 0.1) is 0 Å². The van der Waals surface area contributed by atoms with Crippen LogP contribution in [-0.2, 0) is 28.6 Å². The third-order valence-electron chi connectivity index (χ3n) is 11.0. The molecule has 0 aromatic heterocycles. The van der Waals surface area contributed by atoms with Gasteiger partial charge in [-0.25, -0.2) is 4.79 Å². The number of hydroxylamine groups is 2. The molecule has 0 bridgehead atoms. The molecule has 2 aromatic rings. The lowest BCUT2D eigenvalue weighted by atomic mass is 10.1. The van der Waals surface area contributed by atoms with Crippen LogP contribution in [0.4, 0.5) is 11.4 Å². The van der Waals surface area contributed by atoms with Crippen LogP contribution in [0.2, 0.25) is 0 Å². The monoisotopic (exact) mass is 846 g/mol. The number of aliphatic imine (C=N–C) groups is 1. The number of nitrogens with one attached hydrogen (secondary N) is 2. The van der Waals surface area contributed by atoms with Crippen molar-refractivity contribution in [2.75, 3.05) is 71.0 Å². The van der Waals surface area contributed by atoms with Crippen LogP contribution in [0.15, 0.2) is 53.6 Å². The molecule has 60 heavy (non-hydrogen) atoms. The second kappa shape index (κ2) is 17.6. The van der Waals surface area contributed by atoms with E-state index >= 15 is 0 Å². The summed E-state index contributed by atoms with van der Waals surface area (Å²) < 4.78 is 38.0. The number of nitrogens with zero attached hydrogens (tertiary/aromatic N) is 4. The minimum absolute atomic E-state index is 0.0228. The van der Waals surface area contributed by atoms with E-state index in [0.29, 0.717) is 71.5 Å². The summed E-state index contributed by atoms with van der Waals surface area (Å²) in [5, 5.41) is 6.39. The van der Waals surface area contributed by atoms with Crippen molar-refractivity contribution in [3.05, 3.63) is 59.7 Å². The first-order valence-corrected chi connectivity index (χ1v) is 21.9. The van der Waals surface area contributed by atoms with Crippen molar-refractivity contribution in [1.29, 1.82) is 0 Å². The number of hydrogen-bond donors (Lipinski definition) is 2. The molecule has 5 heterocycles. The van der Waals surface area contributed by atoms with Gasteiger partial charge in [-0.05, 0) is 25.0 Å². The zero-order chi connectivity index (χ0) is 42.7. The molecule has 5 aliphatic heterocycles. The summed E-state index contributed by atoms with van der Waals surface area (Å²) in [6, 6.07) is 6.23. The number of amides is 5. The van der Waals surface area contributed by atoms with Gasteiger partial charge in [-0.15, -0.1) is 5.06 Å². The predicted octanol–water partition coefficient (Wildman–Crippen LogP) is 3.67. The molecule has 2 N–H and O–H groups in total. The standard InChI is InChI=1S/C41H47N6O12P/c1-24-13-26-19-42-30-17-34(32(55-3)15-28(30)40(52)45(26)21-24)57-9-11-60(54,23-44-36(48)5-8-39(51)59-47-37(49)6-7-38(47)50)12-10-58-35-18-31-29(16-33(35)56-4)41(53)46-22-25(2)14-27(46)20-43-31/h15-19,26-27,43H,1-2,5-14,20-23H2,3-4H3,(H,44,48)/t26-,27-,60?/m0/s1. The molecule has 0 aliphatic carbocycles. The number of hydrogen-bond acceptors (Lipinski definition) is 14. The first-order chi connectivity index (χ1) is 28.7. The summed E-state index contributed by atoms with van der Waals surface area (Å²) in [4.78, 5) is 88.7. The Bertz CT molecular complexity index is 2230. The predicted molar refractivity (Wildman–Crippen MR) is 218 cm³/mol. The molecule has 1 unspecified atom stereocenters. The normalized spacial score (nSPS) is 20.3. The number of fused-ring (bicyclic) bond motifs is 4. The molecule has 5 amide bonds. The fourth-order valence-electron chi connectivity index (χ4n) is 7.70. The number of benzene rings is 2. The van der Waals surface area contributed by atoms with E-state index in [0.717, 1.165) is 11.1 Å². The number of imide groups is 1. The lowest BCUT2D eigenvalue weighted by molar-refractivity contribution is -0.197. The van der Waals surface area contributed by atoms with Crippen molar-refractivity contribution in [3.8, 4) is 23.0 Å². The van der Waals surface area contributed by atoms with Gasteiger partial charge in [0.2, 0.25) is 5.91 Å². The van der Waals surface area contributed by atoms with Gasteiger partial charge < -0.3 is 48.8 Å². The Balaban J connectivity index is 1.03. The van der Waals surface area contributed by atoms with E-state index in [2.05, 4.69) is 28.8 Å². The largest absolute Gasteiger partial charge is 0.493 e. The first-order valence-electron chi connectivity index (χ1n) is 19.6. The van der Waals surface area contributed by atoms with Gasteiger partial charge in [0, 0.05) is 69.6 Å². The number of ether oxygens (including phenoxy) is 4. The van der Waals surface area contributed by atoms with E-state index < -0.39 is 37.3 Å². The minimum Gasteiger partial charge on any atom is -0.493 e. The third kappa shape index (κ3) is 9.03. The van der Waals surface area contributed by atoms with Crippen LogP contribution in [0.25, 0.3) is 0 Å². The Morgan fingerprint density at radius 2 is 1.45 bits per heavy atom. The highest BCUT2D eigenvalue weighted by Crippen LogP contribution is 2.46. The van der Waals surface area contributed by atoms with E-state index in [-0.39, 0.29) is 86.5 Å². The summed E-state index contributed by atoms with van der Waals surface area (Å²) in [5.41, 5.74) is 3.67. The van der Waals surface area contributed by atoms with E-state index in [1.165, 1.54) is 14.2 Å². The number of methoxy groups -OCH3 is 2. The molecular formula is C41H47N6O12P. The highest BCUT2D eigenvalue weighted by molar-refractivity contribution is 7.63. The van der Waals surface area contributed by atoms with Crippen molar-refractivity contribution in [2.24, 2.45) is 4.99 Å². The van der Waals surface area contributed by atoms with Crippen molar-refractivity contribution >= 4 is 60.2 Å². The molecular weight excluding hydrogens is 799 g/mol. The molecule has 3 atom stereocenters. The fraction of sp³-hybridized carbons (Fsp3) is 0.439. The van der Waals surface area contributed by atoms with E-state index in [1.54, 1.807) is 40.3 Å². The maximum absolute atomic E-state index is 14.6. The van der Waals surface area contributed by atoms with Crippen LogP contribution in [0.3, 0.4) is 0 Å². The first kappa shape index (κ1) is 42.0. The Morgan fingerprint density at radius 1 is 0.833 bits per heavy atom. The molecule has 7 rings (SSSR count). The molecule has 3 fully saturated rings. The zero-order valence-electron chi connectivity index (χ0n) is 33.5. The van der Waals surface area contributed by atoms with Gasteiger partial charge in [-0.2, -0.15) is 0 Å². The second-order valence-electron chi connectivity index (χ2n) is 15.2. The van der Waals surface area contributed by atoms with Crippen molar-refractivity contribution in [1.82, 2.24) is 20.2 Å². The van der Waals surface area contributed by atoms with Gasteiger partial charge in [-0.3, -0.25) is 29.0 Å². The summed E-state index contributed by atoms with van der Waals surface area (Å²) >= 11 is 0. The van der Waals surface area contributed by atoms with E-state index in [1.807, 2.05) is 0 Å². The van der Waals surface area contributed by atoms with Gasteiger partial charge in [0.25, 0.3) is 23.6 Å². The molecule has 0 spiro atoms. The Kier molecular flexibility index (Phi) is 12.3. The molecule has 0 radical (unpaired) electrons. The topological polar surface area (TPSA) is 212 Å². The smallest absolute Gasteiger partial charge is 0.333 e. The van der Waals surface area contributed by atoms with Crippen LogP contribution in [-0.4, -0.2) is 134 Å². The van der Waals surface area contributed by atoms with Gasteiger partial charge >= 0.3 is 5.97 Å². The Morgan fingerprint density at radius 3 is 2.13 bits per heavy atom. The van der Waals surface area contributed by atoms with Gasteiger partial charge in [-0.1, -0.05) is 24.3 Å². The van der Waals surface area contributed by atoms with E-state index in [9.17, 15) is 33.3 Å². The average Bonchev–Trinajstić information content (AvgIpc) is 3.86. The number of rotatable bonds is 16. The maximum Gasteiger partial charge on any atom is 0.333 e. The molecule has 19 heteroatoms. The number of anilines is 1. The fourth-order valence-corrected chi connectivity index (χ4v) is 9.55. The molecule has 3 saturated heterocycles. The van der Waals surface area contributed by atoms with Crippen LogP contribution in [0.5, 0.6) is 23.0 Å². The lowest BCUT2D eigenvalue weighted by Gasteiger charge is -2.22. The SMILES string of the molecule is C=C1C[C@H]2CNc3cc(OCCP(=O)(CCOc4cc5c(cc4OC)C(=O)N4CC(=C)C[C@H]4C=N5)CNC(=O)CCC(=O)ON4C(=O)CCC4=O)c(OC)cc3C(=O)N2C1. The summed E-state index contributed by atoms with van der Waals surface area (Å²) in [6.07, 6.45) is 1.79. The summed E-state index contributed by atoms with van der Waals surface area (Å²) in [5.74, 6) is -2.02. The van der Waals surface area contributed by atoms with Crippen molar-refractivity contribution in [3.63, 3.8) is 0 Å². The van der Waals surface area contributed by atoms with Crippen molar-refractivity contribution < 1.29 is 57.1 Å². The highest BCUT2D eigenvalue weighted by Gasteiger charge is 2.37. The Hall–Kier alpha value is -6.16. The second-order valence-corrected chi connectivity index (χ2v) is 18.6. The van der Waals surface area contributed by atoms with Crippen LogP contribution >= 0.6 is 7.14 Å². The summed E-state index contributed by atoms with van der Waals surface area (Å²) in [6.45, 7) is 9.35. The van der Waals surface area contributed by atoms with Crippen LogP contribution in [0.1, 0.15) is 59.2 Å². The van der Waals surface area contributed by atoms with Gasteiger partial charge in [0.1, 0.15) is 7.14 Å². The zero-order valence-corrected chi connectivity index (χ0v) is 34.4. The van der Waals surface area contributed by atoms with Gasteiger partial charge in [0.15, 0.2) is 23.0 Å². The van der Waals surface area contributed by atoms with Crippen molar-refractivity contribution in [2.45, 2.75) is 50.6 Å². The molecule has 318 valence electrons. The molecule has 2 aromatic carbocycles. The number of carbonyl (C=O) groups is 6. The Labute approximate surface area is 346 Å². The highest BCUT2D eigenvalue weighted by atomic mass is 31.2. The maximum atomic E-state index is 14.6. The lowest BCUT2D eigenvalue weighted by Crippen LogP contribution is -2.36. The molecule has 18 nitrogen and oxygen atoms in total. The number of carbonyl (C=O) groups excluding carboxylic acids is 6. The minimum atomic E-state index is -3.36. The van der Waals surface area contributed by atoms with Gasteiger partial charge in [0.05, 0.1) is 74.7 Å². The average molecular weight is 847 g/mol. The third-order valence-corrected chi connectivity index (χ3v) is 13.7. The van der Waals surface area contributed by atoms with E-state index in [4.69, 9.17) is 23.8 Å². The molecule has 0 saturated carbocycles. The molecule has 5 aliphatic rings. The quantitative estimate of drug-likeness (QED) is 0.141. The summed E-state index contributed by atoms with van der Waals surface area (Å²) in [7, 11) is -0.464. The van der Waals surface area contributed by atoms with Crippen LogP contribution < -0.4 is 29.6 Å².